The van der Waals surface area contributed by atoms with Crippen LogP contribution in [0.25, 0.3) is 0 Å². The Morgan fingerprint density at radius 3 is 2.62 bits per heavy atom. The van der Waals surface area contributed by atoms with Gasteiger partial charge in [0.1, 0.15) is 26.2 Å². The zero-order chi connectivity index (χ0) is 10.0. The third-order valence-corrected chi connectivity index (χ3v) is 1.95. The van der Waals surface area contributed by atoms with Crippen LogP contribution in [0.15, 0.2) is 0 Å². The van der Waals surface area contributed by atoms with Gasteiger partial charge in [0.05, 0.1) is 18.7 Å². The van der Waals surface area contributed by atoms with Crippen molar-refractivity contribution in [2.75, 3.05) is 6.61 Å². The first-order valence-corrected chi connectivity index (χ1v) is 4.37. The molecule has 0 aromatic heterocycles. The van der Waals surface area contributed by atoms with E-state index in [1.54, 1.807) is 0 Å². The molecule has 0 amide bonds. The number of rotatable bonds is 3. The fourth-order valence-corrected chi connectivity index (χ4v) is 1.18. The first-order valence-electron chi connectivity index (χ1n) is 4.37. The van der Waals surface area contributed by atoms with Crippen LogP contribution < -0.4 is 0 Å². The number of halogens is 1. The van der Waals surface area contributed by atoms with Crippen LogP contribution >= 0.6 is 0 Å². The molecular formula is C8H14BFO3. The molecule has 2 radical (unpaired) electrons. The van der Waals surface area contributed by atoms with E-state index in [9.17, 15) is 9.50 Å². The summed E-state index contributed by atoms with van der Waals surface area (Å²) in [6.07, 6.45) is -3.30. The fourth-order valence-electron chi connectivity index (χ4n) is 1.18. The topological polar surface area (TPSA) is 38.7 Å². The van der Waals surface area contributed by atoms with E-state index < -0.39 is 24.4 Å². The highest BCUT2D eigenvalue weighted by atomic mass is 19.1. The van der Waals surface area contributed by atoms with Gasteiger partial charge >= 0.3 is 0 Å². The average molecular weight is 188 g/mol. The minimum Gasteiger partial charge on any atom is -0.387 e. The standard InChI is InChI=1S/C8H14BFO3/c1-4(2)12-3-5-7(11)6(10)8(9)13-5/h4-8,11H,3H2,1-2H3/t5-,6?,7+,8-/m1/s1. The zero-order valence-electron chi connectivity index (χ0n) is 7.81. The van der Waals surface area contributed by atoms with Crippen LogP contribution in [-0.2, 0) is 9.47 Å². The molecular weight excluding hydrogens is 174 g/mol. The molecule has 13 heavy (non-hydrogen) atoms. The van der Waals surface area contributed by atoms with E-state index in [0.29, 0.717) is 0 Å². The van der Waals surface area contributed by atoms with E-state index in [4.69, 9.17) is 17.3 Å². The van der Waals surface area contributed by atoms with Gasteiger partial charge < -0.3 is 14.6 Å². The van der Waals surface area contributed by atoms with E-state index in [0.717, 1.165) is 0 Å². The van der Waals surface area contributed by atoms with Gasteiger partial charge in [-0.3, -0.25) is 0 Å². The molecule has 0 spiro atoms. The molecule has 1 aliphatic rings. The monoisotopic (exact) mass is 188 g/mol. The summed E-state index contributed by atoms with van der Waals surface area (Å²) >= 11 is 0. The number of aliphatic hydroxyl groups is 1. The number of ether oxygens (including phenoxy) is 2. The highest BCUT2D eigenvalue weighted by molar-refractivity contribution is 6.11. The first-order chi connectivity index (χ1) is 6.02. The van der Waals surface area contributed by atoms with Gasteiger partial charge in [0, 0.05) is 0 Å². The van der Waals surface area contributed by atoms with Crippen LogP contribution in [0.5, 0.6) is 0 Å². The van der Waals surface area contributed by atoms with Gasteiger partial charge in [-0.15, -0.1) is 0 Å². The molecule has 0 aromatic rings. The largest absolute Gasteiger partial charge is 0.387 e. The van der Waals surface area contributed by atoms with Crippen molar-refractivity contribution in [3.8, 4) is 0 Å². The van der Waals surface area contributed by atoms with Gasteiger partial charge in [-0.1, -0.05) is 0 Å². The number of aliphatic hydroxyl groups excluding tert-OH is 1. The van der Waals surface area contributed by atoms with Crippen molar-refractivity contribution < 1.29 is 19.0 Å². The van der Waals surface area contributed by atoms with E-state index in [1.165, 1.54) is 0 Å². The van der Waals surface area contributed by atoms with Gasteiger partial charge in [-0.05, 0) is 13.8 Å². The summed E-state index contributed by atoms with van der Waals surface area (Å²) in [5.41, 5.74) is 0. The lowest BCUT2D eigenvalue weighted by Crippen LogP contribution is -2.32. The second kappa shape index (κ2) is 4.40. The van der Waals surface area contributed by atoms with E-state index in [1.807, 2.05) is 13.8 Å². The summed E-state index contributed by atoms with van der Waals surface area (Å²) in [6, 6.07) is -1.03. The summed E-state index contributed by atoms with van der Waals surface area (Å²) < 4.78 is 23.1. The Hall–Kier alpha value is -0.125. The smallest absolute Gasteiger partial charge is 0.146 e. The lowest BCUT2D eigenvalue weighted by molar-refractivity contribution is -0.0476. The Balaban J connectivity index is 2.35. The van der Waals surface area contributed by atoms with Crippen molar-refractivity contribution in [3.05, 3.63) is 0 Å². The molecule has 0 saturated carbocycles. The maximum Gasteiger partial charge on any atom is 0.146 e. The van der Waals surface area contributed by atoms with Crippen molar-refractivity contribution in [1.29, 1.82) is 0 Å². The Kier molecular flexibility index (Phi) is 3.70. The number of hydrogen-bond acceptors (Lipinski definition) is 3. The first kappa shape index (κ1) is 11.0. The highest BCUT2D eigenvalue weighted by Gasteiger charge is 2.41. The summed E-state index contributed by atoms with van der Waals surface area (Å²) in [5, 5.41) is 9.28. The minimum absolute atomic E-state index is 0.0330. The van der Waals surface area contributed by atoms with Crippen molar-refractivity contribution in [3.63, 3.8) is 0 Å². The lowest BCUT2D eigenvalue weighted by Gasteiger charge is -2.16. The van der Waals surface area contributed by atoms with E-state index >= 15 is 0 Å². The molecule has 1 aliphatic heterocycles. The molecule has 0 aromatic carbocycles. The third-order valence-electron chi connectivity index (χ3n) is 1.95. The van der Waals surface area contributed by atoms with E-state index in [-0.39, 0.29) is 12.7 Å². The molecule has 1 fully saturated rings. The molecule has 1 N–H and O–H groups in total. The van der Waals surface area contributed by atoms with E-state index in [2.05, 4.69) is 0 Å². The Labute approximate surface area is 78.6 Å². The summed E-state index contributed by atoms with van der Waals surface area (Å²) in [4.78, 5) is 0. The Morgan fingerprint density at radius 1 is 1.62 bits per heavy atom. The molecule has 1 heterocycles. The highest BCUT2D eigenvalue weighted by Crippen LogP contribution is 2.22. The minimum atomic E-state index is -1.51. The Bertz CT molecular complexity index is 167. The normalized spacial score (nSPS) is 40.1. The van der Waals surface area contributed by atoms with Gasteiger partial charge in [0.2, 0.25) is 0 Å². The maximum atomic E-state index is 12.9. The molecule has 3 nitrogen and oxygen atoms in total. The number of hydrogen-bond donors (Lipinski definition) is 1. The third kappa shape index (κ3) is 2.66. The SMILES string of the molecule is [B][C@@H]1O[C@H](COC(C)C)[C@H](O)C1F. The Morgan fingerprint density at radius 2 is 2.23 bits per heavy atom. The van der Waals surface area contributed by atoms with Gasteiger partial charge in [0.25, 0.3) is 0 Å². The number of alkyl halides is 1. The fraction of sp³-hybridized carbons (Fsp3) is 1.00. The van der Waals surface area contributed by atoms with Crippen molar-refractivity contribution in [2.24, 2.45) is 0 Å². The molecule has 1 rings (SSSR count). The quantitative estimate of drug-likeness (QED) is 0.633. The van der Waals surface area contributed by atoms with Crippen LogP contribution in [0.2, 0.25) is 0 Å². The van der Waals surface area contributed by atoms with Crippen molar-refractivity contribution >= 4 is 7.85 Å². The van der Waals surface area contributed by atoms with Crippen molar-refractivity contribution in [1.82, 2.24) is 0 Å². The van der Waals surface area contributed by atoms with Crippen LogP contribution in [-0.4, -0.2) is 50.0 Å². The molecule has 0 bridgehead atoms. The predicted molar refractivity (Wildman–Crippen MR) is 46.4 cm³/mol. The molecule has 74 valence electrons. The maximum absolute atomic E-state index is 12.9. The zero-order valence-corrected chi connectivity index (χ0v) is 7.81. The average Bonchev–Trinajstić information content (AvgIpc) is 2.29. The van der Waals surface area contributed by atoms with Gasteiger partial charge in [0.15, 0.2) is 0 Å². The summed E-state index contributed by atoms with van der Waals surface area (Å²) in [7, 11) is 5.25. The molecule has 0 aliphatic carbocycles. The van der Waals surface area contributed by atoms with Crippen LogP contribution in [0, 0.1) is 0 Å². The van der Waals surface area contributed by atoms with Crippen LogP contribution in [0.3, 0.4) is 0 Å². The summed E-state index contributed by atoms with van der Waals surface area (Å²) in [5.74, 6) is 0. The van der Waals surface area contributed by atoms with Crippen LogP contribution in [0.1, 0.15) is 13.8 Å². The predicted octanol–water partition coefficient (Wildman–Crippen LogP) is 0.00380. The van der Waals surface area contributed by atoms with Gasteiger partial charge in [-0.2, -0.15) is 0 Å². The molecule has 1 unspecified atom stereocenters. The second-order valence-electron chi connectivity index (χ2n) is 3.46. The summed E-state index contributed by atoms with van der Waals surface area (Å²) in [6.45, 7) is 3.88. The molecule has 5 heteroatoms. The van der Waals surface area contributed by atoms with Crippen LogP contribution in [0.4, 0.5) is 4.39 Å². The lowest BCUT2D eigenvalue weighted by atomic mass is 9.94. The molecule has 4 atom stereocenters. The molecule has 1 saturated heterocycles. The van der Waals surface area contributed by atoms with Gasteiger partial charge in [-0.25, -0.2) is 4.39 Å². The second-order valence-corrected chi connectivity index (χ2v) is 3.46. The van der Waals surface area contributed by atoms with Crippen molar-refractivity contribution in [2.45, 2.75) is 44.3 Å².